The van der Waals surface area contributed by atoms with Crippen molar-refractivity contribution in [3.63, 3.8) is 0 Å². The lowest BCUT2D eigenvalue weighted by Gasteiger charge is -2.30. The Kier molecular flexibility index (Phi) is 5.63. The van der Waals surface area contributed by atoms with Crippen LogP contribution in [0.2, 0.25) is 0 Å². The van der Waals surface area contributed by atoms with Crippen LogP contribution < -0.4 is 9.47 Å². The number of likely N-dealkylation sites (tertiary alicyclic amines) is 1. The second-order valence-electron chi connectivity index (χ2n) is 5.48. The van der Waals surface area contributed by atoms with Crippen molar-refractivity contribution in [2.24, 2.45) is 0 Å². The molecule has 2 atom stereocenters. The summed E-state index contributed by atoms with van der Waals surface area (Å²) in [4.78, 5) is 13.6. The van der Waals surface area contributed by atoms with Gasteiger partial charge >= 0.3 is 5.97 Å². The predicted octanol–water partition coefficient (Wildman–Crippen LogP) is 1.37. The van der Waals surface area contributed by atoms with Crippen molar-refractivity contribution < 1.29 is 24.1 Å². The van der Waals surface area contributed by atoms with Crippen LogP contribution in [0.4, 0.5) is 0 Å². The third-order valence-electron chi connectivity index (χ3n) is 3.80. The Morgan fingerprint density at radius 3 is 2.77 bits per heavy atom. The molecule has 6 heteroatoms. The number of benzene rings is 1. The highest BCUT2D eigenvalue weighted by molar-refractivity contribution is 5.76. The van der Waals surface area contributed by atoms with Gasteiger partial charge in [0.05, 0.1) is 14.2 Å². The maximum absolute atomic E-state index is 11.4. The van der Waals surface area contributed by atoms with Crippen LogP contribution in [-0.4, -0.2) is 56.4 Å². The summed E-state index contributed by atoms with van der Waals surface area (Å²) in [6, 6.07) is 4.96. The third-order valence-corrected chi connectivity index (χ3v) is 3.80. The number of carbonyl (C=O) groups is 1. The van der Waals surface area contributed by atoms with Crippen molar-refractivity contribution >= 4 is 5.97 Å². The number of hydrogen-bond donors (Lipinski definition) is 1. The van der Waals surface area contributed by atoms with Crippen LogP contribution in [0.15, 0.2) is 18.2 Å². The average Bonchev–Trinajstić information content (AvgIpc) is 2.53. The highest BCUT2D eigenvalue weighted by atomic mass is 16.5. The van der Waals surface area contributed by atoms with Crippen molar-refractivity contribution in [1.29, 1.82) is 0 Å². The Morgan fingerprint density at radius 1 is 1.36 bits per heavy atom. The number of piperidine rings is 1. The van der Waals surface area contributed by atoms with Crippen LogP contribution in [0.25, 0.3) is 0 Å². The van der Waals surface area contributed by atoms with E-state index in [1.54, 1.807) is 18.2 Å². The van der Waals surface area contributed by atoms with E-state index in [4.69, 9.17) is 9.47 Å². The van der Waals surface area contributed by atoms with E-state index in [2.05, 4.69) is 16.7 Å². The maximum atomic E-state index is 11.4. The molecule has 2 rings (SSSR count). The molecule has 1 heterocycles. The SMILES string of the molecule is COC(=O)C(O)c1ccc(OC2CCCN(C)C2)c(OC)c1. The number of hydrogen-bond acceptors (Lipinski definition) is 6. The molecular formula is C16H23NO5. The maximum Gasteiger partial charge on any atom is 0.339 e. The summed E-state index contributed by atoms with van der Waals surface area (Å²) in [7, 11) is 4.84. The van der Waals surface area contributed by atoms with Gasteiger partial charge in [0.15, 0.2) is 17.6 Å². The molecule has 1 aromatic carbocycles. The minimum Gasteiger partial charge on any atom is -0.493 e. The molecule has 0 spiro atoms. The molecule has 0 aliphatic carbocycles. The van der Waals surface area contributed by atoms with Gasteiger partial charge in [0.25, 0.3) is 0 Å². The Morgan fingerprint density at radius 2 is 2.14 bits per heavy atom. The number of ether oxygens (including phenoxy) is 3. The smallest absolute Gasteiger partial charge is 0.339 e. The average molecular weight is 309 g/mol. The zero-order valence-corrected chi connectivity index (χ0v) is 13.2. The first kappa shape index (κ1) is 16.6. The molecular weight excluding hydrogens is 286 g/mol. The van der Waals surface area contributed by atoms with E-state index in [9.17, 15) is 9.90 Å². The highest BCUT2D eigenvalue weighted by Gasteiger charge is 2.22. The summed E-state index contributed by atoms with van der Waals surface area (Å²) in [5.74, 6) is 0.405. The van der Waals surface area contributed by atoms with Gasteiger partial charge < -0.3 is 24.2 Å². The molecule has 1 saturated heterocycles. The van der Waals surface area contributed by atoms with Gasteiger partial charge in [0.1, 0.15) is 6.10 Å². The highest BCUT2D eigenvalue weighted by Crippen LogP contribution is 2.32. The minimum absolute atomic E-state index is 0.115. The number of likely N-dealkylation sites (N-methyl/N-ethyl adjacent to an activating group) is 1. The summed E-state index contributed by atoms with van der Waals surface area (Å²) < 4.78 is 15.9. The van der Waals surface area contributed by atoms with E-state index in [1.807, 2.05) is 0 Å². The van der Waals surface area contributed by atoms with E-state index in [1.165, 1.54) is 14.2 Å². The normalized spacial score (nSPS) is 20.3. The second kappa shape index (κ2) is 7.47. The van der Waals surface area contributed by atoms with Gasteiger partial charge in [-0.15, -0.1) is 0 Å². The first-order chi connectivity index (χ1) is 10.5. The minimum atomic E-state index is -1.33. The topological polar surface area (TPSA) is 68.2 Å². The summed E-state index contributed by atoms with van der Waals surface area (Å²) in [6.07, 6.45) is 0.889. The van der Waals surface area contributed by atoms with Gasteiger partial charge in [-0.05, 0) is 44.1 Å². The predicted molar refractivity (Wildman–Crippen MR) is 81.1 cm³/mol. The van der Waals surface area contributed by atoms with Crippen molar-refractivity contribution in [3.05, 3.63) is 23.8 Å². The molecule has 0 amide bonds. The number of methoxy groups -OCH3 is 2. The quantitative estimate of drug-likeness (QED) is 0.829. The zero-order valence-electron chi connectivity index (χ0n) is 13.2. The van der Waals surface area contributed by atoms with Gasteiger partial charge in [0, 0.05) is 6.54 Å². The molecule has 0 saturated carbocycles. The first-order valence-electron chi connectivity index (χ1n) is 7.34. The van der Waals surface area contributed by atoms with Crippen LogP contribution in [0, 0.1) is 0 Å². The first-order valence-corrected chi connectivity index (χ1v) is 7.34. The summed E-state index contributed by atoms with van der Waals surface area (Å²) in [5, 5.41) is 9.88. The van der Waals surface area contributed by atoms with Gasteiger partial charge in [-0.1, -0.05) is 6.07 Å². The molecule has 6 nitrogen and oxygen atoms in total. The summed E-state index contributed by atoms with van der Waals surface area (Å²) >= 11 is 0. The Hall–Kier alpha value is -1.79. The lowest BCUT2D eigenvalue weighted by Crippen LogP contribution is -2.38. The second-order valence-corrected chi connectivity index (χ2v) is 5.48. The zero-order chi connectivity index (χ0) is 16.1. The summed E-state index contributed by atoms with van der Waals surface area (Å²) in [6.45, 7) is 1.96. The molecule has 0 radical (unpaired) electrons. The lowest BCUT2D eigenvalue weighted by molar-refractivity contribution is -0.150. The fraction of sp³-hybridized carbons (Fsp3) is 0.562. The Labute approximate surface area is 130 Å². The van der Waals surface area contributed by atoms with E-state index in [0.29, 0.717) is 17.1 Å². The fourth-order valence-electron chi connectivity index (χ4n) is 2.59. The Bertz CT molecular complexity index is 519. The number of aliphatic hydroxyl groups excluding tert-OH is 1. The molecule has 0 bridgehead atoms. The molecule has 1 N–H and O–H groups in total. The molecule has 1 aromatic rings. The van der Waals surface area contributed by atoms with E-state index >= 15 is 0 Å². The van der Waals surface area contributed by atoms with Crippen molar-refractivity contribution in [2.75, 3.05) is 34.4 Å². The number of rotatable bonds is 5. The van der Waals surface area contributed by atoms with Gasteiger partial charge in [-0.3, -0.25) is 0 Å². The van der Waals surface area contributed by atoms with Gasteiger partial charge in [-0.25, -0.2) is 4.79 Å². The molecule has 22 heavy (non-hydrogen) atoms. The van der Waals surface area contributed by atoms with E-state index in [-0.39, 0.29) is 6.10 Å². The molecule has 0 aromatic heterocycles. The van der Waals surface area contributed by atoms with Crippen LogP contribution >= 0.6 is 0 Å². The standard InChI is InChI=1S/C16H23NO5/c1-17-8-4-5-12(10-17)22-13-7-6-11(9-14(13)20-2)15(18)16(19)21-3/h6-7,9,12,15,18H,4-5,8,10H2,1-3H3. The van der Waals surface area contributed by atoms with Crippen LogP contribution in [0.1, 0.15) is 24.5 Å². The van der Waals surface area contributed by atoms with E-state index in [0.717, 1.165) is 25.9 Å². The molecule has 1 fully saturated rings. The molecule has 1 aliphatic rings. The lowest BCUT2D eigenvalue weighted by atomic mass is 10.1. The molecule has 1 aliphatic heterocycles. The number of esters is 1. The van der Waals surface area contributed by atoms with Crippen LogP contribution in [-0.2, 0) is 9.53 Å². The van der Waals surface area contributed by atoms with Crippen LogP contribution in [0.3, 0.4) is 0 Å². The van der Waals surface area contributed by atoms with E-state index < -0.39 is 12.1 Å². The fourth-order valence-corrected chi connectivity index (χ4v) is 2.59. The third kappa shape index (κ3) is 3.90. The van der Waals surface area contributed by atoms with Crippen molar-refractivity contribution in [3.8, 4) is 11.5 Å². The molecule has 2 unspecified atom stereocenters. The number of carbonyl (C=O) groups excluding carboxylic acids is 1. The summed E-state index contributed by atoms with van der Waals surface area (Å²) in [5.41, 5.74) is 0.414. The monoisotopic (exact) mass is 309 g/mol. The largest absolute Gasteiger partial charge is 0.493 e. The number of aliphatic hydroxyl groups is 1. The van der Waals surface area contributed by atoms with Crippen molar-refractivity contribution in [2.45, 2.75) is 25.0 Å². The van der Waals surface area contributed by atoms with Gasteiger partial charge in [0.2, 0.25) is 0 Å². The number of nitrogens with zero attached hydrogens (tertiary/aromatic N) is 1. The molecule has 122 valence electrons. The Balaban J connectivity index is 2.13. The van der Waals surface area contributed by atoms with Crippen LogP contribution in [0.5, 0.6) is 11.5 Å². The van der Waals surface area contributed by atoms with Crippen molar-refractivity contribution in [1.82, 2.24) is 4.90 Å². The van der Waals surface area contributed by atoms with Gasteiger partial charge in [-0.2, -0.15) is 0 Å².